The van der Waals surface area contributed by atoms with Crippen LogP contribution in [0.2, 0.25) is 0 Å². The third kappa shape index (κ3) is 6.47. The van der Waals surface area contributed by atoms with Gasteiger partial charge in [0.1, 0.15) is 0 Å². The van der Waals surface area contributed by atoms with E-state index in [-0.39, 0.29) is 24.0 Å². The minimum Gasteiger partial charge on any atom is -0.356 e. The van der Waals surface area contributed by atoms with Crippen molar-refractivity contribution in [1.82, 2.24) is 15.6 Å². The fourth-order valence-electron chi connectivity index (χ4n) is 2.25. The van der Waals surface area contributed by atoms with E-state index < -0.39 is 0 Å². The van der Waals surface area contributed by atoms with Gasteiger partial charge < -0.3 is 10.6 Å². The van der Waals surface area contributed by atoms with Gasteiger partial charge in [0, 0.05) is 37.6 Å². The lowest BCUT2D eigenvalue weighted by Crippen LogP contribution is -2.38. The van der Waals surface area contributed by atoms with E-state index in [0.717, 1.165) is 30.5 Å². The average Bonchev–Trinajstić information content (AvgIpc) is 2.89. The summed E-state index contributed by atoms with van der Waals surface area (Å²) < 4.78 is 0. The molecule has 0 saturated carbocycles. The van der Waals surface area contributed by atoms with Crippen molar-refractivity contribution in [2.24, 2.45) is 4.99 Å². The van der Waals surface area contributed by atoms with Crippen molar-refractivity contribution in [3.05, 3.63) is 51.0 Å². The van der Waals surface area contributed by atoms with Crippen molar-refractivity contribution in [2.45, 2.75) is 33.7 Å². The van der Waals surface area contributed by atoms with Gasteiger partial charge >= 0.3 is 0 Å². The molecule has 2 aromatic rings. The Labute approximate surface area is 159 Å². The molecule has 0 atom stereocenters. The molecule has 0 saturated heterocycles. The Morgan fingerprint density at radius 2 is 2.00 bits per heavy atom. The smallest absolute Gasteiger partial charge is 0.191 e. The standard InChI is InChI=1S/C17H24N4S.HI/c1-12-5-6-15(13(2)9-12)11-21-17(18-4)19-8-7-16-20-10-14(3)22-16;/h5-6,9-10H,7-8,11H2,1-4H3,(H2,18,19,21);1H. The molecule has 0 amide bonds. The van der Waals surface area contributed by atoms with Crippen LogP contribution >= 0.6 is 35.3 Å². The van der Waals surface area contributed by atoms with Crippen LogP contribution in [0.3, 0.4) is 0 Å². The highest BCUT2D eigenvalue weighted by Crippen LogP contribution is 2.11. The molecule has 23 heavy (non-hydrogen) atoms. The molecule has 0 aliphatic heterocycles. The minimum atomic E-state index is 0. The highest BCUT2D eigenvalue weighted by Gasteiger charge is 2.03. The minimum absolute atomic E-state index is 0. The summed E-state index contributed by atoms with van der Waals surface area (Å²) in [5.74, 6) is 0.827. The van der Waals surface area contributed by atoms with Gasteiger partial charge in [0.2, 0.25) is 0 Å². The summed E-state index contributed by atoms with van der Waals surface area (Å²) in [5, 5.41) is 7.86. The lowest BCUT2D eigenvalue weighted by atomic mass is 10.1. The Morgan fingerprint density at radius 3 is 2.61 bits per heavy atom. The molecular weight excluding hydrogens is 419 g/mol. The van der Waals surface area contributed by atoms with Crippen LogP contribution in [0.5, 0.6) is 0 Å². The molecule has 4 nitrogen and oxygen atoms in total. The predicted octanol–water partition coefficient (Wildman–Crippen LogP) is 3.59. The molecule has 0 aliphatic rings. The van der Waals surface area contributed by atoms with Crippen LogP contribution in [0.15, 0.2) is 29.4 Å². The Hall–Kier alpha value is -1.15. The topological polar surface area (TPSA) is 49.3 Å². The van der Waals surface area contributed by atoms with Gasteiger partial charge in [-0.15, -0.1) is 35.3 Å². The summed E-state index contributed by atoms with van der Waals surface area (Å²) in [6.07, 6.45) is 2.84. The highest BCUT2D eigenvalue weighted by atomic mass is 127. The van der Waals surface area contributed by atoms with E-state index in [0.29, 0.717) is 0 Å². The lowest BCUT2D eigenvalue weighted by Gasteiger charge is -2.13. The lowest BCUT2D eigenvalue weighted by molar-refractivity contribution is 0.790. The Bertz CT molecular complexity index is 652. The number of aliphatic imine (C=N–C) groups is 1. The number of nitrogens with one attached hydrogen (secondary N) is 2. The summed E-state index contributed by atoms with van der Waals surface area (Å²) in [5.41, 5.74) is 3.90. The molecule has 2 N–H and O–H groups in total. The van der Waals surface area contributed by atoms with Crippen LogP contribution in [-0.4, -0.2) is 24.5 Å². The maximum atomic E-state index is 4.37. The van der Waals surface area contributed by atoms with Crippen LogP contribution in [0.4, 0.5) is 0 Å². The van der Waals surface area contributed by atoms with Gasteiger partial charge in [0.15, 0.2) is 5.96 Å². The fourth-order valence-corrected chi connectivity index (χ4v) is 3.04. The molecule has 126 valence electrons. The molecule has 0 unspecified atom stereocenters. The number of rotatable bonds is 5. The Kier molecular flexibility index (Phi) is 8.54. The van der Waals surface area contributed by atoms with Gasteiger partial charge in [-0.3, -0.25) is 4.99 Å². The van der Waals surface area contributed by atoms with Gasteiger partial charge in [0.25, 0.3) is 0 Å². The van der Waals surface area contributed by atoms with Gasteiger partial charge in [-0.05, 0) is 31.9 Å². The van der Waals surface area contributed by atoms with Gasteiger partial charge in [-0.2, -0.15) is 0 Å². The van der Waals surface area contributed by atoms with E-state index in [1.165, 1.54) is 21.6 Å². The number of aryl methyl sites for hydroxylation is 3. The number of thiazole rings is 1. The van der Waals surface area contributed by atoms with Crippen LogP contribution < -0.4 is 10.6 Å². The predicted molar refractivity (Wildman–Crippen MR) is 110 cm³/mol. The Balaban J connectivity index is 0.00000264. The van der Waals surface area contributed by atoms with Crippen molar-refractivity contribution in [3.63, 3.8) is 0 Å². The number of halogens is 1. The Morgan fingerprint density at radius 1 is 1.22 bits per heavy atom. The number of hydrogen-bond acceptors (Lipinski definition) is 3. The molecule has 0 radical (unpaired) electrons. The summed E-state index contributed by atoms with van der Waals surface area (Å²) in [6.45, 7) is 7.96. The molecule has 1 aromatic heterocycles. The van der Waals surface area contributed by atoms with E-state index in [4.69, 9.17) is 0 Å². The van der Waals surface area contributed by atoms with Gasteiger partial charge in [-0.1, -0.05) is 23.8 Å². The van der Waals surface area contributed by atoms with E-state index in [9.17, 15) is 0 Å². The summed E-state index contributed by atoms with van der Waals surface area (Å²) >= 11 is 1.75. The molecule has 6 heteroatoms. The molecule has 1 heterocycles. The number of aromatic nitrogens is 1. The first kappa shape index (κ1) is 19.9. The van der Waals surface area contributed by atoms with E-state index in [1.807, 2.05) is 6.20 Å². The van der Waals surface area contributed by atoms with E-state index >= 15 is 0 Å². The zero-order valence-electron chi connectivity index (χ0n) is 14.1. The molecular formula is C17H25IN4S. The number of nitrogens with zero attached hydrogens (tertiary/aromatic N) is 2. The zero-order valence-corrected chi connectivity index (χ0v) is 17.3. The molecule has 0 bridgehead atoms. The molecule has 2 rings (SSSR count). The van der Waals surface area contributed by atoms with Crippen molar-refractivity contribution >= 4 is 41.3 Å². The summed E-state index contributed by atoms with van der Waals surface area (Å²) in [4.78, 5) is 9.89. The van der Waals surface area contributed by atoms with Crippen molar-refractivity contribution in [3.8, 4) is 0 Å². The monoisotopic (exact) mass is 444 g/mol. The maximum absolute atomic E-state index is 4.37. The van der Waals surface area contributed by atoms with E-state index in [1.54, 1.807) is 18.4 Å². The third-order valence-electron chi connectivity index (χ3n) is 3.47. The first-order valence-electron chi connectivity index (χ1n) is 7.50. The van der Waals surface area contributed by atoms with E-state index in [2.05, 4.69) is 59.6 Å². The molecule has 1 aromatic carbocycles. The van der Waals surface area contributed by atoms with Crippen LogP contribution in [0, 0.1) is 20.8 Å². The first-order valence-corrected chi connectivity index (χ1v) is 8.32. The van der Waals surface area contributed by atoms with Crippen molar-refractivity contribution in [1.29, 1.82) is 0 Å². The van der Waals surface area contributed by atoms with Crippen LogP contribution in [-0.2, 0) is 13.0 Å². The van der Waals surface area contributed by atoms with Crippen molar-refractivity contribution in [2.75, 3.05) is 13.6 Å². The highest BCUT2D eigenvalue weighted by molar-refractivity contribution is 14.0. The third-order valence-corrected chi connectivity index (χ3v) is 4.44. The summed E-state index contributed by atoms with van der Waals surface area (Å²) in [6, 6.07) is 6.52. The molecule has 0 aliphatic carbocycles. The number of benzene rings is 1. The van der Waals surface area contributed by atoms with Crippen LogP contribution in [0.1, 0.15) is 26.6 Å². The first-order chi connectivity index (χ1) is 10.6. The fraction of sp³-hybridized carbons (Fsp3) is 0.412. The maximum Gasteiger partial charge on any atom is 0.191 e. The van der Waals surface area contributed by atoms with Gasteiger partial charge in [0.05, 0.1) is 5.01 Å². The quantitative estimate of drug-likeness (QED) is 0.421. The molecule has 0 spiro atoms. The number of guanidine groups is 1. The summed E-state index contributed by atoms with van der Waals surface area (Å²) in [7, 11) is 1.80. The van der Waals surface area contributed by atoms with Crippen LogP contribution in [0.25, 0.3) is 0 Å². The molecule has 0 fully saturated rings. The second-order valence-electron chi connectivity index (χ2n) is 5.40. The normalized spacial score (nSPS) is 11.0. The average molecular weight is 444 g/mol. The van der Waals surface area contributed by atoms with Gasteiger partial charge in [-0.25, -0.2) is 4.98 Å². The van der Waals surface area contributed by atoms with Crippen molar-refractivity contribution < 1.29 is 0 Å². The second kappa shape index (κ2) is 9.87. The second-order valence-corrected chi connectivity index (χ2v) is 6.72. The number of hydrogen-bond donors (Lipinski definition) is 2. The SMILES string of the molecule is CN=C(NCCc1ncc(C)s1)NCc1ccc(C)cc1C.I. The largest absolute Gasteiger partial charge is 0.356 e. The zero-order chi connectivity index (χ0) is 15.9.